The van der Waals surface area contributed by atoms with E-state index in [9.17, 15) is 19.6 Å². The Bertz CT molecular complexity index is 1510. The number of imide groups is 1. The molecule has 0 N–H and O–H groups in total. The highest BCUT2D eigenvalue weighted by atomic mass is 16.2. The van der Waals surface area contributed by atoms with Crippen molar-refractivity contribution in [3.63, 3.8) is 0 Å². The number of amides is 4. The van der Waals surface area contributed by atoms with Crippen LogP contribution in [0.1, 0.15) is 48.9 Å². The second kappa shape index (κ2) is 7.37. The summed E-state index contributed by atoms with van der Waals surface area (Å²) in [5.74, 6) is -0.542. The van der Waals surface area contributed by atoms with Gasteiger partial charge in [0.1, 0.15) is 17.8 Å². The second-order valence-corrected chi connectivity index (χ2v) is 10.7. The summed E-state index contributed by atoms with van der Waals surface area (Å²) in [7, 11) is 1.75. The SMILES string of the molecule is Cn1nc(C(C)(C)C)cc1C(=O)N1C[C@@H]2C[C@H]1[C@H]1C(=O)N(c3ccc(C#N)c4ncccc34)C(=O)N21. The molecule has 3 aromatic rings. The second-order valence-electron chi connectivity index (χ2n) is 10.7. The topological polar surface area (TPSA) is 115 Å². The Morgan fingerprint density at radius 1 is 1.19 bits per heavy atom. The smallest absolute Gasteiger partial charge is 0.330 e. The summed E-state index contributed by atoms with van der Waals surface area (Å²) in [5, 5.41) is 14.5. The van der Waals surface area contributed by atoms with Crippen molar-refractivity contribution in [3.05, 3.63) is 53.5 Å². The Morgan fingerprint density at radius 3 is 2.67 bits per heavy atom. The van der Waals surface area contributed by atoms with E-state index in [-0.39, 0.29) is 23.3 Å². The molecule has 4 amide bonds. The van der Waals surface area contributed by atoms with Crippen LogP contribution in [0.2, 0.25) is 0 Å². The zero-order chi connectivity index (χ0) is 25.5. The monoisotopic (exact) mass is 483 g/mol. The lowest BCUT2D eigenvalue weighted by atomic mass is 9.92. The summed E-state index contributed by atoms with van der Waals surface area (Å²) < 4.78 is 1.59. The van der Waals surface area contributed by atoms with Crippen LogP contribution in [0.3, 0.4) is 0 Å². The molecule has 3 aliphatic rings. The van der Waals surface area contributed by atoms with E-state index >= 15 is 0 Å². The zero-order valence-corrected chi connectivity index (χ0v) is 20.5. The van der Waals surface area contributed by atoms with Gasteiger partial charge in [0.25, 0.3) is 11.8 Å². The molecule has 1 aromatic carbocycles. The summed E-state index contributed by atoms with van der Waals surface area (Å²) in [6, 6.07) is 8.82. The first-order valence-electron chi connectivity index (χ1n) is 11.9. The first-order chi connectivity index (χ1) is 17.1. The average Bonchev–Trinajstić information content (AvgIpc) is 3.60. The Hall–Kier alpha value is -4.26. The third-order valence-corrected chi connectivity index (χ3v) is 7.50. The van der Waals surface area contributed by atoms with E-state index in [4.69, 9.17) is 0 Å². The predicted molar refractivity (Wildman–Crippen MR) is 130 cm³/mol. The van der Waals surface area contributed by atoms with Gasteiger partial charge in [-0.25, -0.2) is 9.69 Å². The number of carbonyl (C=O) groups excluding carboxylic acids is 3. The Kier molecular flexibility index (Phi) is 4.55. The van der Waals surface area contributed by atoms with Crippen LogP contribution in [0.5, 0.6) is 0 Å². The molecule has 0 radical (unpaired) electrons. The molecule has 3 aliphatic heterocycles. The van der Waals surface area contributed by atoms with Gasteiger partial charge in [-0.1, -0.05) is 20.8 Å². The minimum absolute atomic E-state index is 0.181. The van der Waals surface area contributed by atoms with Crippen molar-refractivity contribution in [2.24, 2.45) is 7.05 Å². The van der Waals surface area contributed by atoms with Crippen LogP contribution in [0.4, 0.5) is 10.5 Å². The van der Waals surface area contributed by atoms with Gasteiger partial charge in [0.2, 0.25) is 0 Å². The molecule has 0 unspecified atom stereocenters. The number of urea groups is 1. The maximum Gasteiger partial charge on any atom is 0.332 e. The Morgan fingerprint density at radius 2 is 1.97 bits per heavy atom. The minimum atomic E-state index is -0.738. The van der Waals surface area contributed by atoms with Crippen molar-refractivity contribution in [3.8, 4) is 6.07 Å². The van der Waals surface area contributed by atoms with Gasteiger partial charge in [0, 0.05) is 30.6 Å². The summed E-state index contributed by atoms with van der Waals surface area (Å²) in [4.78, 5) is 49.6. The van der Waals surface area contributed by atoms with Gasteiger partial charge in [-0.2, -0.15) is 10.4 Å². The molecular formula is C26H25N7O3. The molecule has 10 heteroatoms. The number of fused-ring (bicyclic) bond motifs is 6. The number of hydrogen-bond acceptors (Lipinski definition) is 6. The van der Waals surface area contributed by atoms with E-state index in [1.54, 1.807) is 52.0 Å². The number of likely N-dealkylation sites (tertiary alicyclic amines) is 1. The quantitative estimate of drug-likeness (QED) is 0.518. The van der Waals surface area contributed by atoms with E-state index in [1.807, 2.05) is 26.8 Å². The molecule has 0 aliphatic carbocycles. The van der Waals surface area contributed by atoms with Crippen molar-refractivity contribution < 1.29 is 14.4 Å². The molecule has 2 aromatic heterocycles. The lowest BCUT2D eigenvalue weighted by Gasteiger charge is -2.34. The number of nitriles is 1. The first-order valence-corrected chi connectivity index (χ1v) is 11.9. The predicted octanol–water partition coefficient (Wildman–Crippen LogP) is 2.57. The minimum Gasteiger partial charge on any atom is -0.330 e. The number of piperazine rings is 1. The summed E-state index contributed by atoms with van der Waals surface area (Å²) >= 11 is 0. The van der Waals surface area contributed by atoms with Crippen LogP contribution in [-0.4, -0.2) is 67.1 Å². The van der Waals surface area contributed by atoms with Crippen LogP contribution in [0, 0.1) is 11.3 Å². The highest BCUT2D eigenvalue weighted by molar-refractivity contribution is 6.25. The standard InChI is InChI=1S/C26H25N7O3/c1-26(2,3)20-11-19(30(4)29-20)23(34)31-13-15-10-18(31)22-24(35)33(25(36)32(15)22)17-8-7-14(12-27)21-16(17)6-5-9-28-21/h5-9,11,15,18,22H,10,13H2,1-4H3/t15-,18-,22-/m0/s1. The number of pyridine rings is 1. The van der Waals surface area contributed by atoms with E-state index in [0.29, 0.717) is 40.8 Å². The highest BCUT2D eigenvalue weighted by Gasteiger charge is 2.63. The lowest BCUT2D eigenvalue weighted by molar-refractivity contribution is -0.121. The number of aromatic nitrogens is 3. The molecule has 6 rings (SSSR count). The molecular weight excluding hydrogens is 458 g/mol. The summed E-state index contributed by atoms with van der Waals surface area (Å²) in [6.45, 7) is 6.50. The number of hydrogen-bond donors (Lipinski definition) is 0. The molecule has 36 heavy (non-hydrogen) atoms. The van der Waals surface area contributed by atoms with E-state index < -0.39 is 18.1 Å². The molecule has 0 saturated carbocycles. The molecule has 182 valence electrons. The van der Waals surface area contributed by atoms with Crippen LogP contribution >= 0.6 is 0 Å². The maximum atomic E-state index is 13.7. The average molecular weight is 484 g/mol. The van der Waals surface area contributed by atoms with Crippen LogP contribution in [0.15, 0.2) is 36.5 Å². The number of anilines is 1. The third kappa shape index (κ3) is 2.92. The third-order valence-electron chi connectivity index (χ3n) is 7.50. The van der Waals surface area contributed by atoms with Gasteiger partial charge < -0.3 is 9.80 Å². The van der Waals surface area contributed by atoms with Gasteiger partial charge in [0.15, 0.2) is 0 Å². The Labute approximate surface area is 207 Å². The van der Waals surface area contributed by atoms with Crippen molar-refractivity contribution in [2.45, 2.75) is 50.7 Å². The van der Waals surface area contributed by atoms with Crippen LogP contribution < -0.4 is 4.90 Å². The van der Waals surface area contributed by atoms with Crippen molar-refractivity contribution in [2.75, 3.05) is 11.4 Å². The molecule has 0 spiro atoms. The lowest BCUT2D eigenvalue weighted by Crippen LogP contribution is -2.55. The van der Waals surface area contributed by atoms with Crippen molar-refractivity contribution >= 4 is 34.4 Å². The fourth-order valence-electron chi connectivity index (χ4n) is 5.74. The molecule has 10 nitrogen and oxygen atoms in total. The van der Waals surface area contributed by atoms with Crippen LogP contribution in [0.25, 0.3) is 10.9 Å². The summed E-state index contributed by atoms with van der Waals surface area (Å²) in [6.07, 6.45) is 2.15. The molecule has 3 saturated heterocycles. The maximum absolute atomic E-state index is 13.7. The number of rotatable bonds is 2. The first kappa shape index (κ1) is 22.2. The summed E-state index contributed by atoms with van der Waals surface area (Å²) in [5.41, 5.74) is 2.30. The molecule has 3 fully saturated rings. The van der Waals surface area contributed by atoms with Gasteiger partial charge in [-0.15, -0.1) is 0 Å². The fraction of sp³-hybridized carbons (Fsp3) is 0.385. The molecule has 5 heterocycles. The van der Waals surface area contributed by atoms with Gasteiger partial charge in [0.05, 0.1) is 34.5 Å². The van der Waals surface area contributed by atoms with E-state index in [0.717, 1.165) is 5.69 Å². The zero-order valence-electron chi connectivity index (χ0n) is 20.5. The van der Waals surface area contributed by atoms with Crippen LogP contribution in [-0.2, 0) is 17.3 Å². The van der Waals surface area contributed by atoms with Gasteiger partial charge in [-0.3, -0.25) is 19.3 Å². The van der Waals surface area contributed by atoms with E-state index in [1.165, 1.54) is 4.90 Å². The molecule has 2 bridgehead atoms. The normalized spacial score (nSPS) is 23.1. The van der Waals surface area contributed by atoms with Crippen molar-refractivity contribution in [1.29, 1.82) is 5.26 Å². The van der Waals surface area contributed by atoms with Crippen molar-refractivity contribution in [1.82, 2.24) is 24.6 Å². The largest absolute Gasteiger partial charge is 0.332 e. The number of nitrogens with zero attached hydrogens (tertiary/aromatic N) is 7. The number of aryl methyl sites for hydroxylation is 1. The van der Waals surface area contributed by atoms with E-state index in [2.05, 4.69) is 16.2 Å². The highest BCUT2D eigenvalue weighted by Crippen LogP contribution is 2.44. The molecule has 3 atom stereocenters. The number of carbonyl (C=O) groups is 3. The number of benzene rings is 1. The Balaban J connectivity index is 1.34. The van der Waals surface area contributed by atoms with Gasteiger partial charge >= 0.3 is 6.03 Å². The van der Waals surface area contributed by atoms with Gasteiger partial charge in [-0.05, 0) is 36.8 Å². The fourth-order valence-corrected chi connectivity index (χ4v) is 5.74.